The predicted molar refractivity (Wildman–Crippen MR) is 131 cm³/mol. The van der Waals surface area contributed by atoms with Gasteiger partial charge < -0.3 is 15.1 Å². The molecule has 1 unspecified atom stereocenters. The summed E-state index contributed by atoms with van der Waals surface area (Å²) in [6.45, 7) is 5.22. The molecule has 34 heavy (non-hydrogen) atoms. The maximum atomic E-state index is 13.5. The van der Waals surface area contributed by atoms with E-state index < -0.39 is 0 Å². The molecule has 1 atom stereocenters. The molecule has 0 bridgehead atoms. The summed E-state index contributed by atoms with van der Waals surface area (Å²) in [5.74, 6) is 0.108. The Hall–Kier alpha value is -3.15. The maximum Gasteiger partial charge on any atom is 0.251 e. The minimum absolute atomic E-state index is 0.0148. The first kappa shape index (κ1) is 22.6. The molecule has 5 rings (SSSR count). The Morgan fingerprint density at radius 2 is 1.79 bits per heavy atom. The lowest BCUT2D eigenvalue weighted by atomic mass is 10.0. The first-order valence-electron chi connectivity index (χ1n) is 12.5. The van der Waals surface area contributed by atoms with Crippen molar-refractivity contribution in [3.63, 3.8) is 0 Å². The Kier molecular flexibility index (Phi) is 6.15. The molecule has 2 aliphatic carbocycles. The maximum absolute atomic E-state index is 13.5. The summed E-state index contributed by atoms with van der Waals surface area (Å²) in [5.41, 5.74) is 3.73. The van der Waals surface area contributed by atoms with Crippen molar-refractivity contribution in [2.45, 2.75) is 70.5 Å². The SMILES string of the molecule is CC(C)c1cccc(N2CC(C(=O)N(Cc3ccc(C(=O)NC4CC4)cc3)C3CC3)CC2=O)c1. The number of amides is 3. The summed E-state index contributed by atoms with van der Waals surface area (Å²) < 4.78 is 0. The molecule has 3 fully saturated rings. The van der Waals surface area contributed by atoms with Gasteiger partial charge in [-0.25, -0.2) is 0 Å². The molecule has 0 spiro atoms. The average Bonchev–Trinajstić information content (AvgIpc) is 3.77. The molecule has 1 aliphatic heterocycles. The van der Waals surface area contributed by atoms with E-state index in [-0.39, 0.29) is 36.1 Å². The van der Waals surface area contributed by atoms with E-state index in [1.54, 1.807) is 4.90 Å². The van der Waals surface area contributed by atoms with Gasteiger partial charge in [-0.1, -0.05) is 38.1 Å². The van der Waals surface area contributed by atoms with Crippen molar-refractivity contribution in [2.24, 2.45) is 5.92 Å². The smallest absolute Gasteiger partial charge is 0.251 e. The monoisotopic (exact) mass is 459 g/mol. The summed E-state index contributed by atoms with van der Waals surface area (Å²) in [7, 11) is 0. The summed E-state index contributed by atoms with van der Waals surface area (Å²) >= 11 is 0. The number of rotatable bonds is 8. The fourth-order valence-electron chi connectivity index (χ4n) is 4.64. The van der Waals surface area contributed by atoms with Gasteiger partial charge in [0.25, 0.3) is 5.91 Å². The van der Waals surface area contributed by atoms with Gasteiger partial charge in [0, 0.05) is 42.8 Å². The molecule has 1 heterocycles. The van der Waals surface area contributed by atoms with Crippen molar-refractivity contribution < 1.29 is 14.4 Å². The Balaban J connectivity index is 1.25. The van der Waals surface area contributed by atoms with Crippen molar-refractivity contribution in [3.05, 3.63) is 65.2 Å². The van der Waals surface area contributed by atoms with Gasteiger partial charge in [0.2, 0.25) is 11.8 Å². The van der Waals surface area contributed by atoms with E-state index in [0.717, 1.165) is 36.9 Å². The van der Waals surface area contributed by atoms with Gasteiger partial charge in [-0.2, -0.15) is 0 Å². The van der Waals surface area contributed by atoms with Gasteiger partial charge in [-0.15, -0.1) is 0 Å². The van der Waals surface area contributed by atoms with Crippen LogP contribution in [0.5, 0.6) is 0 Å². The molecule has 2 aromatic rings. The van der Waals surface area contributed by atoms with E-state index >= 15 is 0 Å². The van der Waals surface area contributed by atoms with Crippen LogP contribution in [0, 0.1) is 5.92 Å². The zero-order valence-corrected chi connectivity index (χ0v) is 20.0. The fourth-order valence-corrected chi connectivity index (χ4v) is 4.64. The second-order valence-electron chi connectivity index (χ2n) is 10.3. The van der Waals surface area contributed by atoms with Gasteiger partial charge >= 0.3 is 0 Å². The van der Waals surface area contributed by atoms with Crippen LogP contribution in [0.1, 0.15) is 73.4 Å². The van der Waals surface area contributed by atoms with Crippen LogP contribution < -0.4 is 10.2 Å². The van der Waals surface area contributed by atoms with Crippen LogP contribution in [0.3, 0.4) is 0 Å². The number of benzene rings is 2. The molecular formula is C28H33N3O3. The Morgan fingerprint density at radius 1 is 1.06 bits per heavy atom. The van der Waals surface area contributed by atoms with E-state index in [1.165, 1.54) is 5.56 Å². The molecule has 178 valence electrons. The molecule has 3 amide bonds. The van der Waals surface area contributed by atoms with Crippen LogP contribution >= 0.6 is 0 Å². The number of carbonyl (C=O) groups excluding carboxylic acids is 3. The predicted octanol–water partition coefficient (Wildman–Crippen LogP) is 4.25. The van der Waals surface area contributed by atoms with E-state index in [1.807, 2.05) is 41.3 Å². The fraction of sp³-hybridized carbons (Fsp3) is 0.464. The van der Waals surface area contributed by atoms with Crippen LogP contribution in [-0.4, -0.2) is 41.2 Å². The minimum Gasteiger partial charge on any atom is -0.349 e. The number of nitrogens with one attached hydrogen (secondary N) is 1. The van der Waals surface area contributed by atoms with Crippen LogP contribution in [-0.2, 0) is 16.1 Å². The van der Waals surface area contributed by atoms with E-state index in [9.17, 15) is 14.4 Å². The Labute approximate surface area is 201 Å². The molecule has 1 saturated heterocycles. The van der Waals surface area contributed by atoms with Crippen molar-refractivity contribution in [2.75, 3.05) is 11.4 Å². The zero-order valence-electron chi connectivity index (χ0n) is 20.0. The van der Waals surface area contributed by atoms with Crippen LogP contribution in [0.4, 0.5) is 5.69 Å². The normalized spacial score (nSPS) is 20.0. The highest BCUT2D eigenvalue weighted by molar-refractivity contribution is 6.00. The van der Waals surface area contributed by atoms with Crippen LogP contribution in [0.25, 0.3) is 0 Å². The molecule has 1 N–H and O–H groups in total. The van der Waals surface area contributed by atoms with E-state index in [0.29, 0.717) is 30.6 Å². The Bertz CT molecular complexity index is 1090. The molecule has 0 radical (unpaired) electrons. The van der Waals surface area contributed by atoms with Crippen LogP contribution in [0.15, 0.2) is 48.5 Å². The number of carbonyl (C=O) groups is 3. The van der Waals surface area contributed by atoms with Gasteiger partial charge in [-0.05, 0) is 67.0 Å². The van der Waals surface area contributed by atoms with Gasteiger partial charge in [0.1, 0.15) is 0 Å². The van der Waals surface area contributed by atoms with Crippen LogP contribution in [0.2, 0.25) is 0 Å². The third-order valence-electron chi connectivity index (χ3n) is 7.08. The molecule has 0 aromatic heterocycles. The summed E-state index contributed by atoms with van der Waals surface area (Å²) in [5, 5.41) is 3.01. The first-order chi connectivity index (χ1) is 16.4. The topological polar surface area (TPSA) is 69.7 Å². The summed E-state index contributed by atoms with van der Waals surface area (Å²) in [6, 6.07) is 16.2. The summed E-state index contributed by atoms with van der Waals surface area (Å²) in [4.78, 5) is 42.3. The zero-order chi connectivity index (χ0) is 23.8. The molecule has 3 aliphatic rings. The highest BCUT2D eigenvalue weighted by Crippen LogP contribution is 2.34. The minimum atomic E-state index is -0.320. The van der Waals surface area contributed by atoms with Crippen molar-refractivity contribution in [3.8, 4) is 0 Å². The lowest BCUT2D eigenvalue weighted by molar-refractivity contribution is -0.137. The third kappa shape index (κ3) is 5.01. The molecule has 2 aromatic carbocycles. The first-order valence-corrected chi connectivity index (χ1v) is 12.5. The summed E-state index contributed by atoms with van der Waals surface area (Å²) in [6.07, 6.45) is 4.40. The van der Waals surface area contributed by atoms with E-state index in [2.05, 4.69) is 31.3 Å². The second kappa shape index (κ2) is 9.24. The standard InChI is InChI=1S/C28H33N3O3/c1-18(2)21-4-3-5-25(14-21)30-17-22(15-26(30)32)28(34)31(24-12-13-24)16-19-6-8-20(9-7-19)27(33)29-23-10-11-23/h3-9,14,18,22-24H,10-13,15-17H2,1-2H3,(H,29,33). The lowest BCUT2D eigenvalue weighted by Gasteiger charge is -2.26. The number of anilines is 1. The molecular weight excluding hydrogens is 426 g/mol. The van der Waals surface area contributed by atoms with Gasteiger partial charge in [0.05, 0.1) is 5.92 Å². The highest BCUT2D eigenvalue weighted by Gasteiger charge is 2.41. The van der Waals surface area contributed by atoms with Crippen molar-refractivity contribution >= 4 is 23.4 Å². The molecule has 6 nitrogen and oxygen atoms in total. The average molecular weight is 460 g/mol. The van der Waals surface area contributed by atoms with E-state index in [4.69, 9.17) is 0 Å². The number of hydrogen-bond donors (Lipinski definition) is 1. The third-order valence-corrected chi connectivity index (χ3v) is 7.08. The van der Waals surface area contributed by atoms with Gasteiger partial charge in [0.15, 0.2) is 0 Å². The number of hydrogen-bond acceptors (Lipinski definition) is 3. The highest BCUT2D eigenvalue weighted by atomic mass is 16.2. The number of nitrogens with zero attached hydrogens (tertiary/aromatic N) is 2. The second-order valence-corrected chi connectivity index (χ2v) is 10.3. The van der Waals surface area contributed by atoms with Crippen molar-refractivity contribution in [1.29, 1.82) is 0 Å². The Morgan fingerprint density at radius 3 is 2.44 bits per heavy atom. The van der Waals surface area contributed by atoms with Crippen molar-refractivity contribution in [1.82, 2.24) is 10.2 Å². The van der Waals surface area contributed by atoms with Gasteiger partial charge in [-0.3, -0.25) is 14.4 Å². The molecule has 2 saturated carbocycles. The molecule has 6 heteroatoms. The largest absolute Gasteiger partial charge is 0.349 e. The lowest BCUT2D eigenvalue weighted by Crippen LogP contribution is -2.38. The quantitative estimate of drug-likeness (QED) is 0.642.